The molecule has 0 radical (unpaired) electrons. The van der Waals surface area contributed by atoms with Gasteiger partial charge in [-0.15, -0.1) is 0 Å². The Morgan fingerprint density at radius 2 is 1.81 bits per heavy atom. The van der Waals surface area contributed by atoms with Crippen LogP contribution in [0, 0.1) is 6.92 Å². The molecule has 21 heavy (non-hydrogen) atoms. The van der Waals surface area contributed by atoms with Crippen molar-refractivity contribution in [3.05, 3.63) is 11.4 Å². The predicted molar refractivity (Wildman–Crippen MR) is 84.6 cm³/mol. The Hall–Kier alpha value is -1.45. The Morgan fingerprint density at radius 1 is 1.19 bits per heavy atom. The summed E-state index contributed by atoms with van der Waals surface area (Å²) < 4.78 is 24.3. The fourth-order valence-corrected chi connectivity index (χ4v) is 2.17. The molecule has 0 spiro atoms. The first-order valence-electron chi connectivity index (χ1n) is 6.78. The maximum atomic E-state index is 10.9. The van der Waals surface area contributed by atoms with Gasteiger partial charge in [-0.25, -0.2) is 29.0 Å². The van der Waals surface area contributed by atoms with E-state index >= 15 is 0 Å². The van der Waals surface area contributed by atoms with Gasteiger partial charge in [0.2, 0.25) is 10.0 Å². The zero-order valence-electron chi connectivity index (χ0n) is 12.9. The highest BCUT2D eigenvalue weighted by Crippen LogP contribution is 2.22. The first kappa shape index (κ1) is 17.6. The summed E-state index contributed by atoms with van der Waals surface area (Å²) in [5.74, 6) is 7.65. The zero-order chi connectivity index (χ0) is 16.0. The van der Waals surface area contributed by atoms with Crippen molar-refractivity contribution in [1.82, 2.24) is 14.7 Å². The molecule has 1 rings (SSSR count). The summed E-state index contributed by atoms with van der Waals surface area (Å²) in [5.41, 5.74) is 3.40. The lowest BCUT2D eigenvalue weighted by Gasteiger charge is -2.15. The number of aromatic nitrogens is 2. The standard InChI is InChI=1S/C12H24N6O2S/c1-8(2)10-16-11(9(3)12(17-10)18-13)14-6-5-7-15-21(4,19)20/h8,15H,5-7,13H2,1-4H3,(H2,14,16,17,18). The SMILES string of the molecule is Cc1c(NN)nc(C(C)C)nc1NCCCNS(C)(=O)=O. The molecule has 0 saturated heterocycles. The minimum atomic E-state index is -3.14. The molecule has 0 unspecified atom stereocenters. The van der Waals surface area contributed by atoms with Gasteiger partial charge < -0.3 is 10.7 Å². The number of nitrogens with one attached hydrogen (secondary N) is 3. The molecule has 9 heteroatoms. The fourth-order valence-electron chi connectivity index (χ4n) is 1.66. The van der Waals surface area contributed by atoms with Crippen LogP contribution in [-0.4, -0.2) is 37.7 Å². The highest BCUT2D eigenvalue weighted by atomic mass is 32.2. The number of nitrogens with zero attached hydrogens (tertiary/aromatic N) is 2. The van der Waals surface area contributed by atoms with Gasteiger partial charge in [0.25, 0.3) is 0 Å². The molecule has 0 aliphatic rings. The lowest BCUT2D eigenvalue weighted by atomic mass is 10.2. The number of anilines is 2. The minimum Gasteiger partial charge on any atom is -0.370 e. The first-order valence-corrected chi connectivity index (χ1v) is 8.67. The lowest BCUT2D eigenvalue weighted by Crippen LogP contribution is -2.24. The zero-order valence-corrected chi connectivity index (χ0v) is 13.7. The van der Waals surface area contributed by atoms with Crippen LogP contribution in [0.25, 0.3) is 0 Å². The second-order valence-corrected chi connectivity index (χ2v) is 6.98. The fraction of sp³-hybridized carbons (Fsp3) is 0.667. The van der Waals surface area contributed by atoms with E-state index in [0.29, 0.717) is 37.0 Å². The Bertz CT molecular complexity index is 573. The van der Waals surface area contributed by atoms with Crippen LogP contribution in [0.2, 0.25) is 0 Å². The summed E-state index contributed by atoms with van der Waals surface area (Å²) in [5, 5.41) is 3.19. The predicted octanol–water partition coefficient (Wildman–Crippen LogP) is 0.545. The number of hydrogen-bond acceptors (Lipinski definition) is 7. The summed E-state index contributed by atoms with van der Waals surface area (Å²) in [6.07, 6.45) is 1.79. The van der Waals surface area contributed by atoms with Crippen molar-refractivity contribution < 1.29 is 8.42 Å². The number of nitrogens with two attached hydrogens (primary N) is 1. The van der Waals surface area contributed by atoms with Gasteiger partial charge in [-0.05, 0) is 13.3 Å². The van der Waals surface area contributed by atoms with Gasteiger partial charge in [0.05, 0.1) is 6.26 Å². The van der Waals surface area contributed by atoms with Gasteiger partial charge >= 0.3 is 0 Å². The average molecular weight is 316 g/mol. The van der Waals surface area contributed by atoms with Crippen LogP contribution in [-0.2, 0) is 10.0 Å². The third kappa shape index (κ3) is 5.82. The van der Waals surface area contributed by atoms with Crippen molar-refractivity contribution in [2.24, 2.45) is 5.84 Å². The van der Waals surface area contributed by atoms with E-state index in [9.17, 15) is 8.42 Å². The van der Waals surface area contributed by atoms with Gasteiger partial charge in [-0.3, -0.25) is 0 Å². The smallest absolute Gasteiger partial charge is 0.208 e. The third-order valence-corrected chi connectivity index (χ3v) is 3.55. The van der Waals surface area contributed by atoms with E-state index in [1.807, 2.05) is 20.8 Å². The molecule has 1 aromatic heterocycles. The molecule has 0 saturated carbocycles. The molecule has 5 N–H and O–H groups in total. The van der Waals surface area contributed by atoms with Gasteiger partial charge in [0.15, 0.2) is 0 Å². The maximum absolute atomic E-state index is 10.9. The van der Waals surface area contributed by atoms with E-state index in [1.165, 1.54) is 0 Å². The van der Waals surface area contributed by atoms with E-state index in [1.54, 1.807) is 0 Å². The van der Waals surface area contributed by atoms with E-state index in [4.69, 9.17) is 5.84 Å². The molecular weight excluding hydrogens is 292 g/mol. The lowest BCUT2D eigenvalue weighted by molar-refractivity contribution is 0.586. The average Bonchev–Trinajstić information content (AvgIpc) is 2.38. The van der Waals surface area contributed by atoms with Crippen molar-refractivity contribution in [2.75, 3.05) is 30.1 Å². The molecule has 120 valence electrons. The van der Waals surface area contributed by atoms with Crippen LogP contribution >= 0.6 is 0 Å². The Kier molecular flexibility index (Phi) is 6.31. The second kappa shape index (κ2) is 7.53. The van der Waals surface area contributed by atoms with Crippen LogP contribution in [0.15, 0.2) is 0 Å². The highest BCUT2D eigenvalue weighted by molar-refractivity contribution is 7.88. The summed E-state index contributed by atoms with van der Waals surface area (Å²) in [7, 11) is -3.14. The summed E-state index contributed by atoms with van der Waals surface area (Å²) in [4.78, 5) is 8.82. The first-order chi connectivity index (χ1) is 9.74. The van der Waals surface area contributed by atoms with Crippen LogP contribution in [0.3, 0.4) is 0 Å². The molecule has 0 atom stereocenters. The van der Waals surface area contributed by atoms with Gasteiger partial charge in [0, 0.05) is 24.6 Å². The third-order valence-electron chi connectivity index (χ3n) is 2.83. The van der Waals surface area contributed by atoms with Crippen molar-refractivity contribution in [3.63, 3.8) is 0 Å². The van der Waals surface area contributed by atoms with Crippen LogP contribution in [0.4, 0.5) is 11.6 Å². The molecule has 0 amide bonds. The maximum Gasteiger partial charge on any atom is 0.208 e. The molecule has 0 aromatic carbocycles. The second-order valence-electron chi connectivity index (χ2n) is 5.15. The molecule has 0 bridgehead atoms. The number of hydrazine groups is 1. The summed E-state index contributed by atoms with van der Waals surface area (Å²) in [6.45, 7) is 6.86. The number of sulfonamides is 1. The van der Waals surface area contributed by atoms with Crippen molar-refractivity contribution >= 4 is 21.7 Å². The highest BCUT2D eigenvalue weighted by Gasteiger charge is 2.12. The topological polar surface area (TPSA) is 122 Å². The Morgan fingerprint density at radius 3 is 2.33 bits per heavy atom. The number of hydrogen-bond donors (Lipinski definition) is 4. The van der Waals surface area contributed by atoms with E-state index in [-0.39, 0.29) is 5.92 Å². The summed E-state index contributed by atoms with van der Waals surface area (Å²) >= 11 is 0. The van der Waals surface area contributed by atoms with Crippen LogP contribution in [0.5, 0.6) is 0 Å². The van der Waals surface area contributed by atoms with E-state index < -0.39 is 10.0 Å². The molecule has 0 aliphatic carbocycles. The molecule has 1 aromatic rings. The Labute approximate surface area is 126 Å². The van der Waals surface area contributed by atoms with E-state index in [2.05, 4.69) is 25.4 Å². The van der Waals surface area contributed by atoms with E-state index in [0.717, 1.165) is 11.8 Å². The van der Waals surface area contributed by atoms with Crippen molar-refractivity contribution in [1.29, 1.82) is 0 Å². The van der Waals surface area contributed by atoms with Crippen molar-refractivity contribution in [2.45, 2.75) is 33.1 Å². The number of nitrogen functional groups attached to an aromatic ring is 1. The Balaban J connectivity index is 2.67. The quantitative estimate of drug-likeness (QED) is 0.314. The molecule has 8 nitrogen and oxygen atoms in total. The molecule has 0 aliphatic heterocycles. The summed E-state index contributed by atoms with van der Waals surface area (Å²) in [6, 6.07) is 0. The van der Waals surface area contributed by atoms with Gasteiger partial charge in [-0.1, -0.05) is 13.8 Å². The van der Waals surface area contributed by atoms with Gasteiger partial charge in [-0.2, -0.15) is 0 Å². The number of rotatable bonds is 8. The van der Waals surface area contributed by atoms with Crippen LogP contribution in [0.1, 0.15) is 37.6 Å². The molecule has 0 fully saturated rings. The molecular formula is C12H24N6O2S. The van der Waals surface area contributed by atoms with Gasteiger partial charge in [0.1, 0.15) is 17.5 Å². The monoisotopic (exact) mass is 316 g/mol. The van der Waals surface area contributed by atoms with Crippen LogP contribution < -0.4 is 21.3 Å². The minimum absolute atomic E-state index is 0.185. The van der Waals surface area contributed by atoms with Crippen molar-refractivity contribution in [3.8, 4) is 0 Å². The normalized spacial score (nSPS) is 11.7. The molecule has 1 heterocycles. The largest absolute Gasteiger partial charge is 0.370 e.